The molecule has 0 saturated carbocycles. The minimum Gasteiger partial charge on any atom is -0.384 e. The van der Waals surface area contributed by atoms with Gasteiger partial charge in [0.15, 0.2) is 0 Å². The van der Waals surface area contributed by atoms with Gasteiger partial charge in [-0.1, -0.05) is 20.3 Å². The Morgan fingerprint density at radius 3 is 2.69 bits per heavy atom. The number of hydrogen-bond donors (Lipinski definition) is 2. The molecule has 4 heteroatoms. The van der Waals surface area contributed by atoms with E-state index in [-0.39, 0.29) is 0 Å². The number of nitrogen functional groups attached to an aromatic ring is 1. The number of hydrogen-bond acceptors (Lipinski definition) is 4. The van der Waals surface area contributed by atoms with Crippen LogP contribution in [0, 0.1) is 0 Å². The van der Waals surface area contributed by atoms with E-state index < -0.39 is 0 Å². The summed E-state index contributed by atoms with van der Waals surface area (Å²) in [6.45, 7) is 6.44. The highest BCUT2D eigenvalue weighted by atomic mass is 15.1. The van der Waals surface area contributed by atoms with Crippen molar-refractivity contribution in [3.8, 4) is 0 Å². The number of nitrogens with zero attached hydrogens (tertiary/aromatic N) is 2. The second-order valence-electron chi connectivity index (χ2n) is 4.18. The molecule has 1 rings (SSSR count). The summed E-state index contributed by atoms with van der Waals surface area (Å²) in [5.41, 5.74) is 5.75. The molecule has 0 amide bonds. The quantitative estimate of drug-likeness (QED) is 0.776. The molecule has 90 valence electrons. The standard InChI is InChI=1S/C12H22N4/c1-4-6-9(3)14-12-8-10(13)15-11(16-12)7-5-2/h8-9H,4-7H2,1-3H3,(H3,13,14,15,16). The molecule has 0 aliphatic heterocycles. The highest BCUT2D eigenvalue weighted by molar-refractivity contribution is 5.45. The van der Waals surface area contributed by atoms with Gasteiger partial charge in [-0.3, -0.25) is 0 Å². The molecule has 0 aromatic carbocycles. The van der Waals surface area contributed by atoms with Crippen molar-refractivity contribution in [1.29, 1.82) is 0 Å². The van der Waals surface area contributed by atoms with Gasteiger partial charge in [0.1, 0.15) is 17.5 Å². The van der Waals surface area contributed by atoms with E-state index in [0.29, 0.717) is 11.9 Å². The Hall–Kier alpha value is -1.32. The first-order chi connectivity index (χ1) is 7.65. The van der Waals surface area contributed by atoms with Gasteiger partial charge in [0.05, 0.1) is 0 Å². The Morgan fingerprint density at radius 1 is 1.31 bits per heavy atom. The van der Waals surface area contributed by atoms with Crippen molar-refractivity contribution in [1.82, 2.24) is 9.97 Å². The molecule has 4 nitrogen and oxygen atoms in total. The van der Waals surface area contributed by atoms with Crippen molar-refractivity contribution in [3.05, 3.63) is 11.9 Å². The van der Waals surface area contributed by atoms with E-state index in [1.165, 1.54) is 0 Å². The zero-order chi connectivity index (χ0) is 12.0. The average Bonchev–Trinajstić information content (AvgIpc) is 2.17. The first kappa shape index (κ1) is 12.7. The fraction of sp³-hybridized carbons (Fsp3) is 0.667. The number of aromatic nitrogens is 2. The fourth-order valence-corrected chi connectivity index (χ4v) is 1.68. The molecule has 0 aliphatic carbocycles. The van der Waals surface area contributed by atoms with E-state index in [0.717, 1.165) is 37.3 Å². The smallest absolute Gasteiger partial charge is 0.133 e. The number of nitrogens with one attached hydrogen (secondary N) is 1. The lowest BCUT2D eigenvalue weighted by molar-refractivity contribution is 0.685. The summed E-state index contributed by atoms with van der Waals surface area (Å²) in [5.74, 6) is 2.22. The lowest BCUT2D eigenvalue weighted by atomic mass is 10.2. The second-order valence-corrected chi connectivity index (χ2v) is 4.18. The van der Waals surface area contributed by atoms with Crippen molar-refractivity contribution in [3.63, 3.8) is 0 Å². The molecule has 0 saturated heterocycles. The van der Waals surface area contributed by atoms with Gasteiger partial charge in [-0.15, -0.1) is 0 Å². The molecule has 0 fully saturated rings. The Morgan fingerprint density at radius 2 is 2.06 bits per heavy atom. The van der Waals surface area contributed by atoms with Crippen molar-refractivity contribution in [2.24, 2.45) is 0 Å². The Labute approximate surface area is 97.7 Å². The van der Waals surface area contributed by atoms with E-state index in [4.69, 9.17) is 5.73 Å². The Balaban J connectivity index is 2.71. The van der Waals surface area contributed by atoms with Gasteiger partial charge in [-0.25, -0.2) is 9.97 Å². The van der Waals surface area contributed by atoms with Crippen LogP contribution in [0.1, 0.15) is 45.9 Å². The molecule has 1 unspecified atom stereocenters. The van der Waals surface area contributed by atoms with Gasteiger partial charge < -0.3 is 11.1 Å². The molecular weight excluding hydrogens is 200 g/mol. The van der Waals surface area contributed by atoms with Gasteiger partial charge in [0.2, 0.25) is 0 Å². The van der Waals surface area contributed by atoms with E-state index >= 15 is 0 Å². The van der Waals surface area contributed by atoms with Crippen molar-refractivity contribution in [2.75, 3.05) is 11.1 Å². The first-order valence-electron chi connectivity index (χ1n) is 6.05. The first-order valence-corrected chi connectivity index (χ1v) is 6.05. The summed E-state index contributed by atoms with van der Waals surface area (Å²) >= 11 is 0. The van der Waals surface area contributed by atoms with Gasteiger partial charge in [-0.05, 0) is 19.8 Å². The highest BCUT2D eigenvalue weighted by Crippen LogP contribution is 2.12. The topological polar surface area (TPSA) is 63.8 Å². The van der Waals surface area contributed by atoms with Gasteiger partial charge in [0.25, 0.3) is 0 Å². The Bertz CT molecular complexity index is 325. The zero-order valence-corrected chi connectivity index (χ0v) is 10.5. The van der Waals surface area contributed by atoms with E-state index in [2.05, 4.69) is 36.1 Å². The number of aryl methyl sites for hydroxylation is 1. The molecule has 1 heterocycles. The van der Waals surface area contributed by atoms with Crippen LogP contribution in [-0.2, 0) is 6.42 Å². The predicted molar refractivity (Wildman–Crippen MR) is 68.4 cm³/mol. The van der Waals surface area contributed by atoms with Gasteiger partial charge in [0, 0.05) is 18.5 Å². The maximum absolute atomic E-state index is 5.75. The minimum atomic E-state index is 0.425. The summed E-state index contributed by atoms with van der Waals surface area (Å²) in [5, 5.41) is 3.35. The minimum absolute atomic E-state index is 0.425. The van der Waals surface area contributed by atoms with Crippen molar-refractivity contribution < 1.29 is 0 Å². The van der Waals surface area contributed by atoms with E-state index in [1.54, 1.807) is 6.07 Å². The molecule has 1 atom stereocenters. The summed E-state index contributed by atoms with van der Waals surface area (Å²) in [4.78, 5) is 8.65. The highest BCUT2D eigenvalue weighted by Gasteiger charge is 2.05. The van der Waals surface area contributed by atoms with Crippen LogP contribution in [0.5, 0.6) is 0 Å². The normalized spacial score (nSPS) is 12.4. The molecular formula is C12H22N4. The third kappa shape index (κ3) is 4.04. The lowest BCUT2D eigenvalue weighted by Gasteiger charge is -2.14. The predicted octanol–water partition coefficient (Wildman–Crippen LogP) is 2.61. The van der Waals surface area contributed by atoms with Gasteiger partial charge in [-0.2, -0.15) is 0 Å². The molecule has 0 bridgehead atoms. The van der Waals surface area contributed by atoms with Gasteiger partial charge >= 0.3 is 0 Å². The molecule has 3 N–H and O–H groups in total. The van der Waals surface area contributed by atoms with E-state index in [9.17, 15) is 0 Å². The molecule has 1 aromatic rings. The van der Waals surface area contributed by atoms with Crippen molar-refractivity contribution in [2.45, 2.75) is 52.5 Å². The molecule has 1 aromatic heterocycles. The SMILES string of the molecule is CCCc1nc(N)cc(NC(C)CCC)n1. The summed E-state index contributed by atoms with van der Waals surface area (Å²) in [6, 6.07) is 2.22. The monoisotopic (exact) mass is 222 g/mol. The zero-order valence-electron chi connectivity index (χ0n) is 10.5. The van der Waals surface area contributed by atoms with E-state index in [1.807, 2.05) is 0 Å². The van der Waals surface area contributed by atoms with Crippen LogP contribution >= 0.6 is 0 Å². The lowest BCUT2D eigenvalue weighted by Crippen LogP contribution is -2.16. The van der Waals surface area contributed by atoms with Crippen molar-refractivity contribution >= 4 is 11.6 Å². The van der Waals surface area contributed by atoms with Crippen LogP contribution in [0.3, 0.4) is 0 Å². The van der Waals surface area contributed by atoms with Crippen LogP contribution in [-0.4, -0.2) is 16.0 Å². The third-order valence-corrected chi connectivity index (χ3v) is 2.38. The maximum Gasteiger partial charge on any atom is 0.133 e. The maximum atomic E-state index is 5.75. The number of anilines is 2. The van der Waals surface area contributed by atoms with Crippen LogP contribution in [0.4, 0.5) is 11.6 Å². The fourth-order valence-electron chi connectivity index (χ4n) is 1.68. The third-order valence-electron chi connectivity index (χ3n) is 2.38. The average molecular weight is 222 g/mol. The summed E-state index contributed by atoms with van der Waals surface area (Å²) in [7, 11) is 0. The largest absolute Gasteiger partial charge is 0.384 e. The van der Waals surface area contributed by atoms with Crippen LogP contribution in [0.25, 0.3) is 0 Å². The number of nitrogens with two attached hydrogens (primary N) is 1. The molecule has 0 aliphatic rings. The Kier molecular flexibility index (Phi) is 5.02. The van der Waals surface area contributed by atoms with Crippen LogP contribution in [0.15, 0.2) is 6.07 Å². The molecule has 0 radical (unpaired) electrons. The molecule has 16 heavy (non-hydrogen) atoms. The van der Waals surface area contributed by atoms with Crippen LogP contribution in [0.2, 0.25) is 0 Å². The second kappa shape index (κ2) is 6.30. The number of rotatable bonds is 6. The van der Waals surface area contributed by atoms with Crippen LogP contribution < -0.4 is 11.1 Å². The summed E-state index contributed by atoms with van der Waals surface area (Å²) in [6.07, 6.45) is 4.21. The summed E-state index contributed by atoms with van der Waals surface area (Å²) < 4.78 is 0. The molecule has 0 spiro atoms.